The van der Waals surface area contributed by atoms with Crippen LogP contribution in [0.5, 0.6) is 0 Å². The van der Waals surface area contributed by atoms with Crippen LogP contribution in [0.4, 0.5) is 17.5 Å². The van der Waals surface area contributed by atoms with E-state index in [1.54, 1.807) is 24.3 Å². The molecular formula is C20H19ClN4O2. The monoisotopic (exact) mass is 382 g/mol. The molecule has 0 atom stereocenters. The van der Waals surface area contributed by atoms with Crippen LogP contribution in [-0.4, -0.2) is 23.0 Å². The summed E-state index contributed by atoms with van der Waals surface area (Å²) in [6.07, 6.45) is 0. The molecule has 0 unspecified atom stereocenters. The van der Waals surface area contributed by atoms with E-state index in [-0.39, 0.29) is 0 Å². The Morgan fingerprint density at radius 3 is 2.63 bits per heavy atom. The standard InChI is InChI=1S/C20H19ClN4O2/c1-13-11-18(24-17-10-6-4-8-15(17)19(26)27-2)25-20(23-13)22-12-14-7-3-5-9-16(14)21/h3-11H,12H2,1-2H3,(H2,22,23,24,25). The number of halogens is 1. The third-order valence-electron chi connectivity index (χ3n) is 3.84. The highest BCUT2D eigenvalue weighted by atomic mass is 35.5. The van der Waals surface area contributed by atoms with E-state index in [4.69, 9.17) is 16.3 Å². The molecule has 2 N–H and O–H groups in total. The molecule has 0 aliphatic carbocycles. The number of nitrogens with zero attached hydrogens (tertiary/aromatic N) is 2. The number of carbonyl (C=O) groups excluding carboxylic acids is 1. The average Bonchev–Trinajstić information content (AvgIpc) is 2.67. The van der Waals surface area contributed by atoms with E-state index in [0.29, 0.717) is 34.6 Å². The molecular weight excluding hydrogens is 364 g/mol. The number of carbonyl (C=O) groups is 1. The molecule has 3 aromatic rings. The maximum atomic E-state index is 11.9. The Balaban J connectivity index is 1.80. The molecule has 0 aliphatic heterocycles. The lowest BCUT2D eigenvalue weighted by Gasteiger charge is -2.12. The summed E-state index contributed by atoms with van der Waals surface area (Å²) in [6.45, 7) is 2.38. The lowest BCUT2D eigenvalue weighted by molar-refractivity contribution is 0.0602. The number of methoxy groups -OCH3 is 1. The van der Waals surface area contributed by atoms with Crippen LogP contribution in [0.2, 0.25) is 5.02 Å². The van der Waals surface area contributed by atoms with E-state index in [2.05, 4.69) is 20.6 Å². The van der Waals surface area contributed by atoms with Crippen LogP contribution >= 0.6 is 11.6 Å². The molecule has 3 rings (SSSR count). The molecule has 0 aliphatic rings. The zero-order chi connectivity index (χ0) is 19.2. The van der Waals surface area contributed by atoms with Gasteiger partial charge in [0.15, 0.2) is 0 Å². The molecule has 7 heteroatoms. The summed E-state index contributed by atoms with van der Waals surface area (Å²) < 4.78 is 4.82. The number of hydrogen-bond donors (Lipinski definition) is 2. The second kappa shape index (κ2) is 8.51. The number of benzene rings is 2. The number of nitrogens with one attached hydrogen (secondary N) is 2. The van der Waals surface area contributed by atoms with Crippen LogP contribution in [0, 0.1) is 6.92 Å². The molecule has 0 amide bonds. The van der Waals surface area contributed by atoms with Gasteiger partial charge in [0.1, 0.15) is 5.82 Å². The van der Waals surface area contributed by atoms with Crippen molar-refractivity contribution in [2.75, 3.05) is 17.7 Å². The molecule has 27 heavy (non-hydrogen) atoms. The summed E-state index contributed by atoms with van der Waals surface area (Å²) in [5.74, 6) is 0.620. The number of para-hydroxylation sites is 1. The third-order valence-corrected chi connectivity index (χ3v) is 4.21. The Morgan fingerprint density at radius 2 is 1.85 bits per heavy atom. The van der Waals surface area contributed by atoms with Gasteiger partial charge < -0.3 is 15.4 Å². The zero-order valence-corrected chi connectivity index (χ0v) is 15.7. The first kappa shape index (κ1) is 18.7. The van der Waals surface area contributed by atoms with E-state index < -0.39 is 5.97 Å². The fourth-order valence-electron chi connectivity index (χ4n) is 2.55. The topological polar surface area (TPSA) is 76.1 Å². The third kappa shape index (κ3) is 4.74. The summed E-state index contributed by atoms with van der Waals surface area (Å²) in [7, 11) is 1.35. The fraction of sp³-hybridized carbons (Fsp3) is 0.150. The highest BCUT2D eigenvalue weighted by Gasteiger charge is 2.12. The molecule has 0 saturated heterocycles. The molecule has 0 bridgehead atoms. The van der Waals surface area contributed by atoms with Crippen LogP contribution < -0.4 is 10.6 Å². The number of rotatable bonds is 6. The van der Waals surface area contributed by atoms with Gasteiger partial charge in [-0.3, -0.25) is 0 Å². The van der Waals surface area contributed by atoms with Crippen LogP contribution in [0.1, 0.15) is 21.6 Å². The van der Waals surface area contributed by atoms with E-state index in [1.165, 1.54) is 7.11 Å². The van der Waals surface area contributed by atoms with Gasteiger partial charge in [0.25, 0.3) is 0 Å². The fourth-order valence-corrected chi connectivity index (χ4v) is 2.75. The minimum Gasteiger partial charge on any atom is -0.465 e. The predicted octanol–water partition coefficient (Wildman–Crippen LogP) is 4.58. The van der Waals surface area contributed by atoms with E-state index in [1.807, 2.05) is 37.3 Å². The number of hydrogen-bond acceptors (Lipinski definition) is 6. The van der Waals surface area contributed by atoms with Gasteiger partial charge >= 0.3 is 5.97 Å². The Morgan fingerprint density at radius 1 is 1.11 bits per heavy atom. The molecule has 0 fully saturated rings. The van der Waals surface area contributed by atoms with Gasteiger partial charge in [-0.25, -0.2) is 9.78 Å². The van der Waals surface area contributed by atoms with E-state index >= 15 is 0 Å². The Kier molecular flexibility index (Phi) is 5.88. The second-order valence-corrected chi connectivity index (χ2v) is 6.23. The predicted molar refractivity (Wildman–Crippen MR) is 107 cm³/mol. The van der Waals surface area contributed by atoms with Gasteiger partial charge in [0, 0.05) is 23.3 Å². The van der Waals surface area contributed by atoms with Crippen molar-refractivity contribution < 1.29 is 9.53 Å². The summed E-state index contributed by atoms with van der Waals surface area (Å²) in [4.78, 5) is 20.8. The van der Waals surface area contributed by atoms with Gasteiger partial charge in [-0.1, -0.05) is 41.9 Å². The van der Waals surface area contributed by atoms with E-state index in [0.717, 1.165) is 11.3 Å². The van der Waals surface area contributed by atoms with Crippen molar-refractivity contribution in [2.45, 2.75) is 13.5 Å². The molecule has 0 radical (unpaired) electrons. The first-order valence-electron chi connectivity index (χ1n) is 8.34. The van der Waals surface area contributed by atoms with Crippen LogP contribution in [-0.2, 0) is 11.3 Å². The Labute approximate surface area is 162 Å². The molecule has 0 saturated carbocycles. The highest BCUT2D eigenvalue weighted by molar-refractivity contribution is 6.31. The number of aryl methyl sites for hydroxylation is 1. The first-order chi connectivity index (χ1) is 13.1. The minimum absolute atomic E-state index is 0.416. The summed E-state index contributed by atoms with van der Waals surface area (Å²) >= 11 is 6.18. The molecule has 6 nitrogen and oxygen atoms in total. The summed E-state index contributed by atoms with van der Waals surface area (Å²) in [6, 6.07) is 16.5. The summed E-state index contributed by atoms with van der Waals surface area (Å²) in [5.41, 5.74) is 2.78. The van der Waals surface area contributed by atoms with Crippen molar-refractivity contribution >= 4 is 35.0 Å². The normalized spacial score (nSPS) is 10.3. The van der Waals surface area contributed by atoms with Gasteiger partial charge in [-0.2, -0.15) is 4.98 Å². The molecule has 1 heterocycles. The SMILES string of the molecule is COC(=O)c1ccccc1Nc1cc(C)nc(NCc2ccccc2Cl)n1. The number of aromatic nitrogens is 2. The van der Waals surface area contributed by atoms with Gasteiger partial charge in [0.05, 0.1) is 18.4 Å². The maximum Gasteiger partial charge on any atom is 0.339 e. The van der Waals surface area contributed by atoms with Crippen LogP contribution in [0.3, 0.4) is 0 Å². The Bertz CT molecular complexity index is 962. The van der Waals surface area contributed by atoms with Crippen molar-refractivity contribution in [3.63, 3.8) is 0 Å². The molecule has 138 valence electrons. The lowest BCUT2D eigenvalue weighted by atomic mass is 10.2. The maximum absolute atomic E-state index is 11.9. The number of esters is 1. The van der Waals surface area contributed by atoms with Crippen molar-refractivity contribution in [3.05, 3.63) is 76.4 Å². The van der Waals surface area contributed by atoms with Crippen LogP contribution in [0.25, 0.3) is 0 Å². The second-order valence-electron chi connectivity index (χ2n) is 5.83. The summed E-state index contributed by atoms with van der Waals surface area (Å²) in [5, 5.41) is 7.02. The number of ether oxygens (including phenoxy) is 1. The molecule has 0 spiro atoms. The smallest absolute Gasteiger partial charge is 0.339 e. The first-order valence-corrected chi connectivity index (χ1v) is 8.72. The van der Waals surface area contributed by atoms with Crippen molar-refractivity contribution in [1.82, 2.24) is 9.97 Å². The molecule has 2 aromatic carbocycles. The molecule has 1 aromatic heterocycles. The van der Waals surface area contributed by atoms with Gasteiger partial charge in [0.2, 0.25) is 5.95 Å². The van der Waals surface area contributed by atoms with Crippen molar-refractivity contribution in [2.24, 2.45) is 0 Å². The van der Waals surface area contributed by atoms with Crippen LogP contribution in [0.15, 0.2) is 54.6 Å². The zero-order valence-electron chi connectivity index (χ0n) is 15.0. The van der Waals surface area contributed by atoms with E-state index in [9.17, 15) is 4.79 Å². The highest BCUT2D eigenvalue weighted by Crippen LogP contribution is 2.22. The number of anilines is 3. The van der Waals surface area contributed by atoms with Gasteiger partial charge in [-0.15, -0.1) is 0 Å². The Hall–Kier alpha value is -3.12. The average molecular weight is 383 g/mol. The van der Waals surface area contributed by atoms with Crippen molar-refractivity contribution in [1.29, 1.82) is 0 Å². The van der Waals surface area contributed by atoms with Gasteiger partial charge in [-0.05, 0) is 30.7 Å². The quantitative estimate of drug-likeness (QED) is 0.608. The largest absolute Gasteiger partial charge is 0.465 e. The van der Waals surface area contributed by atoms with Crippen molar-refractivity contribution in [3.8, 4) is 0 Å². The lowest BCUT2D eigenvalue weighted by Crippen LogP contribution is -2.09. The minimum atomic E-state index is -0.416.